The van der Waals surface area contributed by atoms with E-state index in [0.717, 1.165) is 11.8 Å². The van der Waals surface area contributed by atoms with Gasteiger partial charge in [0.2, 0.25) is 14.9 Å². The predicted octanol–water partition coefficient (Wildman–Crippen LogP) is 1.89. The fourth-order valence-electron chi connectivity index (χ4n) is 2.32. The molecule has 1 amide bonds. The minimum Gasteiger partial charge on any atom is -0.481 e. The van der Waals surface area contributed by atoms with Gasteiger partial charge in [-0.15, -0.1) is 0 Å². The van der Waals surface area contributed by atoms with Gasteiger partial charge in [0.15, 0.2) is 5.76 Å². The van der Waals surface area contributed by atoms with Gasteiger partial charge in [0.05, 0.1) is 0 Å². The third kappa shape index (κ3) is 5.75. The van der Waals surface area contributed by atoms with Crippen molar-refractivity contribution in [2.45, 2.75) is 30.4 Å². The summed E-state index contributed by atoms with van der Waals surface area (Å²) in [6.07, 6.45) is 1.60. The number of nitrogens with one attached hydrogen (secondary N) is 1. The first-order valence-corrected chi connectivity index (χ1v) is 9.51. The van der Waals surface area contributed by atoms with Gasteiger partial charge in [0, 0.05) is 18.7 Å². The van der Waals surface area contributed by atoms with Crippen molar-refractivity contribution in [3.63, 3.8) is 0 Å². The number of rotatable bonds is 8. The number of aliphatic carboxylic acids is 1. The summed E-state index contributed by atoms with van der Waals surface area (Å²) in [5, 5.41) is 11.3. The smallest absolute Gasteiger partial charge is 0.303 e. The van der Waals surface area contributed by atoms with Crippen molar-refractivity contribution in [3.05, 3.63) is 53.8 Å². The van der Waals surface area contributed by atoms with Crippen LogP contribution in [0.4, 0.5) is 0 Å². The molecule has 2 rings (SSSR count). The van der Waals surface area contributed by atoms with Crippen LogP contribution in [-0.2, 0) is 21.1 Å². The van der Waals surface area contributed by atoms with Crippen molar-refractivity contribution in [2.24, 2.45) is 0 Å². The van der Waals surface area contributed by atoms with Crippen LogP contribution in [0.5, 0.6) is 0 Å². The molecule has 1 aromatic carbocycles. The highest BCUT2D eigenvalue weighted by molar-refractivity contribution is 7.90. The first-order valence-electron chi connectivity index (χ1n) is 7.62. The standard InChI is InChI=1S/C17H19NO6S/c1-25(22,23)16-10-8-14(24-16)17(21)18-13(7-9-15(19)20)11-12-5-3-2-4-6-12/h2-6,8,10,13H,7,9,11H2,1H3,(H,18,21)(H,19,20). The van der Waals surface area contributed by atoms with Gasteiger partial charge < -0.3 is 14.8 Å². The lowest BCUT2D eigenvalue weighted by Gasteiger charge is -2.17. The van der Waals surface area contributed by atoms with Crippen molar-refractivity contribution in [1.82, 2.24) is 5.32 Å². The average Bonchev–Trinajstić information content (AvgIpc) is 3.04. The van der Waals surface area contributed by atoms with Gasteiger partial charge in [0.1, 0.15) is 0 Å². The summed E-state index contributed by atoms with van der Waals surface area (Å²) in [5.74, 6) is -1.67. The summed E-state index contributed by atoms with van der Waals surface area (Å²) in [7, 11) is -3.54. The predicted molar refractivity (Wildman–Crippen MR) is 90.1 cm³/mol. The lowest BCUT2D eigenvalue weighted by Crippen LogP contribution is -2.36. The van der Waals surface area contributed by atoms with Crippen LogP contribution in [0.3, 0.4) is 0 Å². The van der Waals surface area contributed by atoms with Crippen LogP contribution >= 0.6 is 0 Å². The van der Waals surface area contributed by atoms with E-state index in [2.05, 4.69) is 5.32 Å². The quantitative estimate of drug-likeness (QED) is 0.738. The third-order valence-electron chi connectivity index (χ3n) is 3.54. The highest BCUT2D eigenvalue weighted by Gasteiger charge is 2.20. The molecule has 8 heteroatoms. The van der Waals surface area contributed by atoms with Crippen molar-refractivity contribution >= 4 is 21.7 Å². The second kappa shape index (κ2) is 7.98. The first-order chi connectivity index (χ1) is 11.8. The highest BCUT2D eigenvalue weighted by Crippen LogP contribution is 2.15. The lowest BCUT2D eigenvalue weighted by atomic mass is 10.0. The molecule has 1 aromatic heterocycles. The summed E-state index contributed by atoms with van der Waals surface area (Å²) in [4.78, 5) is 23.1. The normalized spacial score (nSPS) is 12.5. The number of carboxylic acid groups (broad SMARTS) is 1. The Hall–Kier alpha value is -2.61. The number of hydrogen-bond donors (Lipinski definition) is 2. The number of benzene rings is 1. The van der Waals surface area contributed by atoms with Crippen LogP contribution in [0.25, 0.3) is 0 Å². The second-order valence-electron chi connectivity index (χ2n) is 5.68. The maximum Gasteiger partial charge on any atom is 0.303 e. The Labute approximate surface area is 145 Å². The van der Waals surface area contributed by atoms with E-state index in [1.807, 2.05) is 30.3 Å². The summed E-state index contributed by atoms with van der Waals surface area (Å²) < 4.78 is 27.9. The van der Waals surface area contributed by atoms with Gasteiger partial charge >= 0.3 is 5.97 Å². The van der Waals surface area contributed by atoms with E-state index in [-0.39, 0.29) is 23.7 Å². The molecule has 0 spiro atoms. The molecule has 134 valence electrons. The summed E-state index contributed by atoms with van der Waals surface area (Å²) in [6.45, 7) is 0. The van der Waals surface area contributed by atoms with Crippen LogP contribution in [0.15, 0.2) is 52.0 Å². The van der Waals surface area contributed by atoms with Crippen LogP contribution in [-0.4, -0.2) is 37.7 Å². The average molecular weight is 365 g/mol. The molecule has 0 bridgehead atoms. The van der Waals surface area contributed by atoms with Gasteiger partial charge in [-0.2, -0.15) is 0 Å². The van der Waals surface area contributed by atoms with Crippen molar-refractivity contribution in [1.29, 1.82) is 0 Å². The van der Waals surface area contributed by atoms with E-state index in [4.69, 9.17) is 9.52 Å². The van der Waals surface area contributed by atoms with E-state index in [0.29, 0.717) is 6.42 Å². The highest BCUT2D eigenvalue weighted by atomic mass is 32.2. The first kappa shape index (κ1) is 18.7. The Morgan fingerprint density at radius 3 is 2.40 bits per heavy atom. The van der Waals surface area contributed by atoms with Gasteiger partial charge in [-0.1, -0.05) is 30.3 Å². The second-order valence-corrected chi connectivity index (χ2v) is 7.63. The van der Waals surface area contributed by atoms with E-state index in [9.17, 15) is 18.0 Å². The Kier molecular flexibility index (Phi) is 5.97. The Morgan fingerprint density at radius 2 is 1.84 bits per heavy atom. The molecule has 1 heterocycles. The topological polar surface area (TPSA) is 114 Å². The summed E-state index contributed by atoms with van der Waals surface area (Å²) in [6, 6.07) is 11.4. The number of carbonyl (C=O) groups excluding carboxylic acids is 1. The molecule has 2 N–H and O–H groups in total. The molecule has 7 nitrogen and oxygen atoms in total. The van der Waals surface area contributed by atoms with Crippen molar-refractivity contribution in [3.8, 4) is 0 Å². The Morgan fingerprint density at radius 1 is 1.16 bits per heavy atom. The van der Waals surface area contributed by atoms with Gasteiger partial charge in [0.25, 0.3) is 5.91 Å². The Balaban J connectivity index is 2.10. The number of hydrogen-bond acceptors (Lipinski definition) is 5. The summed E-state index contributed by atoms with van der Waals surface area (Å²) >= 11 is 0. The fraction of sp³-hybridized carbons (Fsp3) is 0.294. The minimum atomic E-state index is -3.54. The molecule has 0 aliphatic rings. The maximum absolute atomic E-state index is 12.3. The summed E-state index contributed by atoms with van der Waals surface area (Å²) in [5.41, 5.74) is 0.953. The van der Waals surface area contributed by atoms with E-state index >= 15 is 0 Å². The van der Waals surface area contributed by atoms with E-state index in [1.54, 1.807) is 0 Å². The number of carboxylic acids is 1. The van der Waals surface area contributed by atoms with E-state index in [1.165, 1.54) is 12.1 Å². The van der Waals surface area contributed by atoms with Crippen LogP contribution in [0, 0.1) is 0 Å². The zero-order valence-electron chi connectivity index (χ0n) is 13.6. The molecular formula is C17H19NO6S. The van der Waals surface area contributed by atoms with Crippen molar-refractivity contribution < 1.29 is 27.5 Å². The molecular weight excluding hydrogens is 346 g/mol. The van der Waals surface area contributed by atoms with Crippen molar-refractivity contribution in [2.75, 3.05) is 6.26 Å². The zero-order valence-corrected chi connectivity index (χ0v) is 14.5. The third-order valence-corrected chi connectivity index (χ3v) is 4.49. The van der Waals surface area contributed by atoms with Crippen LogP contribution in [0.1, 0.15) is 29.0 Å². The number of carbonyl (C=O) groups is 2. The SMILES string of the molecule is CS(=O)(=O)c1ccc(C(=O)NC(CCC(=O)O)Cc2ccccc2)o1. The molecule has 0 saturated carbocycles. The maximum atomic E-state index is 12.3. The molecule has 0 fully saturated rings. The minimum absolute atomic E-state index is 0.0927. The van der Waals surface area contributed by atoms with Crippen LogP contribution < -0.4 is 5.32 Å². The largest absolute Gasteiger partial charge is 0.481 e. The monoisotopic (exact) mass is 365 g/mol. The van der Waals surface area contributed by atoms with Crippen LogP contribution in [0.2, 0.25) is 0 Å². The number of amides is 1. The molecule has 1 unspecified atom stereocenters. The zero-order chi connectivity index (χ0) is 18.4. The molecule has 25 heavy (non-hydrogen) atoms. The molecule has 1 atom stereocenters. The molecule has 0 saturated heterocycles. The molecule has 2 aromatic rings. The lowest BCUT2D eigenvalue weighted by molar-refractivity contribution is -0.137. The fourth-order valence-corrected chi connectivity index (χ4v) is 2.88. The van der Waals surface area contributed by atoms with Gasteiger partial charge in [-0.3, -0.25) is 9.59 Å². The molecule has 0 radical (unpaired) electrons. The Bertz CT molecular complexity index is 841. The number of sulfone groups is 1. The van der Waals surface area contributed by atoms with Gasteiger partial charge in [-0.05, 0) is 30.5 Å². The van der Waals surface area contributed by atoms with Gasteiger partial charge in [-0.25, -0.2) is 8.42 Å². The molecule has 0 aliphatic carbocycles. The number of furan rings is 1. The van der Waals surface area contributed by atoms with E-state index < -0.39 is 27.8 Å². The molecule has 0 aliphatic heterocycles.